The van der Waals surface area contributed by atoms with Crippen molar-refractivity contribution in [2.75, 3.05) is 12.4 Å². The van der Waals surface area contributed by atoms with Crippen molar-refractivity contribution in [2.45, 2.75) is 19.4 Å². The summed E-state index contributed by atoms with van der Waals surface area (Å²) >= 11 is 0. The van der Waals surface area contributed by atoms with E-state index in [2.05, 4.69) is 32.2 Å². The Morgan fingerprint density at radius 1 is 1.41 bits per heavy atom. The summed E-state index contributed by atoms with van der Waals surface area (Å²) in [6, 6.07) is 1.77. The van der Waals surface area contributed by atoms with E-state index in [0.717, 1.165) is 12.2 Å². The van der Waals surface area contributed by atoms with E-state index in [4.69, 9.17) is 4.74 Å². The van der Waals surface area contributed by atoms with E-state index in [9.17, 15) is 0 Å². The minimum atomic E-state index is 0.0668. The van der Waals surface area contributed by atoms with E-state index in [0.29, 0.717) is 11.8 Å². The molecule has 0 aromatic carbocycles. The minimum absolute atomic E-state index is 0.0668. The van der Waals surface area contributed by atoms with Crippen LogP contribution in [0.1, 0.15) is 25.2 Å². The Bertz CT molecular complexity index is 457. The fourth-order valence-electron chi connectivity index (χ4n) is 1.51. The number of hydrogen-bond acceptors (Lipinski definition) is 5. The fourth-order valence-corrected chi connectivity index (χ4v) is 1.51. The quantitative estimate of drug-likeness (QED) is 0.823. The van der Waals surface area contributed by atoms with Crippen molar-refractivity contribution in [3.63, 3.8) is 0 Å². The highest BCUT2D eigenvalue weighted by atomic mass is 16.5. The lowest BCUT2D eigenvalue weighted by Crippen LogP contribution is -2.13. The maximum absolute atomic E-state index is 5.05. The van der Waals surface area contributed by atoms with E-state index in [1.807, 2.05) is 0 Å². The Morgan fingerprint density at radius 3 is 2.94 bits per heavy atom. The van der Waals surface area contributed by atoms with Crippen molar-refractivity contribution in [1.29, 1.82) is 0 Å². The van der Waals surface area contributed by atoms with Gasteiger partial charge in [-0.15, -0.1) is 0 Å². The molecule has 6 heteroatoms. The predicted octanol–water partition coefficient (Wildman–Crippen LogP) is 1.77. The topological polar surface area (TPSA) is 75.7 Å². The minimum Gasteiger partial charge on any atom is -0.481 e. The first kappa shape index (κ1) is 11.4. The number of anilines is 1. The monoisotopic (exact) mass is 233 g/mol. The van der Waals surface area contributed by atoms with Gasteiger partial charge in [0.1, 0.15) is 5.82 Å². The molecule has 2 rings (SSSR count). The lowest BCUT2D eigenvalue weighted by atomic mass is 10.2. The van der Waals surface area contributed by atoms with Crippen LogP contribution >= 0.6 is 0 Å². The highest BCUT2D eigenvalue weighted by Gasteiger charge is 2.12. The molecule has 0 aliphatic carbocycles. The van der Waals surface area contributed by atoms with Crippen LogP contribution in [0, 0.1) is 0 Å². The third kappa shape index (κ3) is 2.72. The van der Waals surface area contributed by atoms with Crippen LogP contribution in [0.2, 0.25) is 0 Å². The van der Waals surface area contributed by atoms with Gasteiger partial charge in [0, 0.05) is 24.7 Å². The second-order valence-corrected chi connectivity index (χ2v) is 3.50. The van der Waals surface area contributed by atoms with Crippen LogP contribution in [-0.4, -0.2) is 27.0 Å². The van der Waals surface area contributed by atoms with E-state index in [1.165, 1.54) is 0 Å². The largest absolute Gasteiger partial charge is 0.481 e. The lowest BCUT2D eigenvalue weighted by Gasteiger charge is -2.14. The maximum Gasteiger partial charge on any atom is 0.226 e. The SMILES string of the molecule is CCC(Nc1nccc(OC)n1)c1ncc[nH]1. The third-order valence-electron chi connectivity index (χ3n) is 2.40. The van der Waals surface area contributed by atoms with Crippen molar-refractivity contribution in [2.24, 2.45) is 0 Å². The first-order valence-corrected chi connectivity index (χ1v) is 5.46. The van der Waals surface area contributed by atoms with Gasteiger partial charge in [-0.25, -0.2) is 9.97 Å². The van der Waals surface area contributed by atoms with Crippen LogP contribution in [-0.2, 0) is 0 Å². The molecule has 1 unspecified atom stereocenters. The summed E-state index contributed by atoms with van der Waals surface area (Å²) in [5.74, 6) is 1.95. The van der Waals surface area contributed by atoms with E-state index >= 15 is 0 Å². The molecule has 1 atom stereocenters. The Hall–Kier alpha value is -2.11. The summed E-state index contributed by atoms with van der Waals surface area (Å²) in [5, 5.41) is 3.21. The first-order chi connectivity index (χ1) is 8.33. The second kappa shape index (κ2) is 5.29. The van der Waals surface area contributed by atoms with Crippen LogP contribution in [0.3, 0.4) is 0 Å². The number of aromatic amines is 1. The van der Waals surface area contributed by atoms with Crippen molar-refractivity contribution in [3.05, 3.63) is 30.5 Å². The smallest absolute Gasteiger partial charge is 0.226 e. The number of ether oxygens (including phenoxy) is 1. The summed E-state index contributed by atoms with van der Waals surface area (Å²) in [4.78, 5) is 15.6. The molecule has 2 heterocycles. The summed E-state index contributed by atoms with van der Waals surface area (Å²) < 4.78 is 5.05. The zero-order valence-electron chi connectivity index (χ0n) is 9.84. The van der Waals surface area contributed by atoms with Crippen molar-refractivity contribution >= 4 is 5.95 Å². The average Bonchev–Trinajstić information content (AvgIpc) is 2.90. The molecule has 0 saturated heterocycles. The number of methoxy groups -OCH3 is 1. The molecule has 2 N–H and O–H groups in total. The molecule has 0 spiro atoms. The normalized spacial score (nSPS) is 12.1. The molecule has 0 saturated carbocycles. The highest BCUT2D eigenvalue weighted by Crippen LogP contribution is 2.17. The Labute approximate surface area is 99.5 Å². The van der Waals surface area contributed by atoms with Crippen LogP contribution < -0.4 is 10.1 Å². The van der Waals surface area contributed by atoms with Gasteiger partial charge in [-0.05, 0) is 6.42 Å². The molecule has 2 aromatic heterocycles. The van der Waals surface area contributed by atoms with Crippen molar-refractivity contribution < 1.29 is 4.74 Å². The number of rotatable bonds is 5. The molecule has 0 bridgehead atoms. The van der Waals surface area contributed by atoms with Crippen molar-refractivity contribution in [3.8, 4) is 5.88 Å². The average molecular weight is 233 g/mol. The standard InChI is InChI=1S/C11H15N5O/c1-3-8(10-12-6-7-13-10)15-11-14-5-4-9(16-11)17-2/h4-8H,3H2,1-2H3,(H,12,13)(H,14,15,16). The van der Waals surface area contributed by atoms with E-state index in [1.54, 1.807) is 31.8 Å². The molecule has 0 fully saturated rings. The van der Waals surface area contributed by atoms with Gasteiger partial charge in [-0.3, -0.25) is 0 Å². The van der Waals surface area contributed by atoms with Crippen LogP contribution in [0.15, 0.2) is 24.7 Å². The van der Waals surface area contributed by atoms with E-state index < -0.39 is 0 Å². The van der Waals surface area contributed by atoms with Gasteiger partial charge < -0.3 is 15.0 Å². The van der Waals surface area contributed by atoms with Crippen LogP contribution in [0.4, 0.5) is 5.95 Å². The molecule has 0 aliphatic heterocycles. The lowest BCUT2D eigenvalue weighted by molar-refractivity contribution is 0.397. The fraction of sp³-hybridized carbons (Fsp3) is 0.364. The number of nitrogens with one attached hydrogen (secondary N) is 2. The van der Waals surface area contributed by atoms with E-state index in [-0.39, 0.29) is 6.04 Å². The molecule has 6 nitrogen and oxygen atoms in total. The summed E-state index contributed by atoms with van der Waals surface area (Å²) in [6.45, 7) is 2.07. The number of hydrogen-bond donors (Lipinski definition) is 2. The maximum atomic E-state index is 5.05. The number of aromatic nitrogens is 4. The molecular weight excluding hydrogens is 218 g/mol. The molecule has 0 aliphatic rings. The molecular formula is C11H15N5O. The second-order valence-electron chi connectivity index (χ2n) is 3.50. The molecule has 0 amide bonds. The molecule has 90 valence electrons. The van der Waals surface area contributed by atoms with Gasteiger partial charge in [0.2, 0.25) is 11.8 Å². The van der Waals surface area contributed by atoms with Gasteiger partial charge in [-0.1, -0.05) is 6.92 Å². The van der Waals surface area contributed by atoms with Gasteiger partial charge >= 0.3 is 0 Å². The van der Waals surface area contributed by atoms with Gasteiger partial charge in [0.25, 0.3) is 0 Å². The number of imidazole rings is 1. The Kier molecular flexibility index (Phi) is 3.54. The number of nitrogens with zero attached hydrogens (tertiary/aromatic N) is 3. The molecule has 17 heavy (non-hydrogen) atoms. The molecule has 2 aromatic rings. The first-order valence-electron chi connectivity index (χ1n) is 5.46. The Balaban J connectivity index is 2.13. The summed E-state index contributed by atoms with van der Waals surface area (Å²) in [7, 11) is 1.58. The zero-order valence-corrected chi connectivity index (χ0v) is 9.84. The number of H-pyrrole nitrogens is 1. The summed E-state index contributed by atoms with van der Waals surface area (Å²) in [6.07, 6.45) is 6.06. The van der Waals surface area contributed by atoms with Gasteiger partial charge in [0.15, 0.2) is 0 Å². The van der Waals surface area contributed by atoms with Crippen molar-refractivity contribution in [1.82, 2.24) is 19.9 Å². The highest BCUT2D eigenvalue weighted by molar-refractivity contribution is 5.30. The zero-order chi connectivity index (χ0) is 12.1. The van der Waals surface area contributed by atoms with Gasteiger partial charge in [-0.2, -0.15) is 4.98 Å². The van der Waals surface area contributed by atoms with Crippen LogP contribution in [0.5, 0.6) is 5.88 Å². The van der Waals surface area contributed by atoms with Gasteiger partial charge in [0.05, 0.1) is 13.2 Å². The van der Waals surface area contributed by atoms with Crippen LogP contribution in [0.25, 0.3) is 0 Å². The third-order valence-corrected chi connectivity index (χ3v) is 2.40. The predicted molar refractivity (Wildman–Crippen MR) is 63.8 cm³/mol. The summed E-state index contributed by atoms with van der Waals surface area (Å²) in [5.41, 5.74) is 0. The Morgan fingerprint density at radius 2 is 2.29 bits per heavy atom. The molecule has 0 radical (unpaired) electrons.